The number of rotatable bonds is 8. The zero-order valence-electron chi connectivity index (χ0n) is 33.7. The molecule has 0 radical (unpaired) electrons. The Morgan fingerprint density at radius 1 is 1.02 bits per heavy atom. The van der Waals surface area contributed by atoms with E-state index in [1.54, 1.807) is 26.0 Å². The lowest BCUT2D eigenvalue weighted by Gasteiger charge is -2.50. The molecule has 0 aromatic heterocycles. The van der Waals surface area contributed by atoms with Gasteiger partial charge in [0.2, 0.25) is 11.8 Å². The monoisotopic (exact) mass is 743 g/mol. The molecule has 3 N–H and O–H groups in total. The van der Waals surface area contributed by atoms with Crippen LogP contribution in [0.3, 0.4) is 0 Å². The second kappa shape index (κ2) is 17.6. The first kappa shape index (κ1) is 43.3. The number of carbonyl (C=O) groups excluding carboxylic acids is 2. The van der Waals surface area contributed by atoms with Crippen molar-refractivity contribution in [1.29, 1.82) is 0 Å². The van der Waals surface area contributed by atoms with Crippen LogP contribution in [0.5, 0.6) is 0 Å². The second-order valence-corrected chi connectivity index (χ2v) is 17.0. The van der Waals surface area contributed by atoms with Crippen molar-refractivity contribution in [1.82, 2.24) is 14.7 Å². The van der Waals surface area contributed by atoms with E-state index in [0.717, 1.165) is 12.8 Å². The average molecular weight is 744 g/mol. The second-order valence-electron chi connectivity index (χ2n) is 17.0. The SMILES string of the molecule is CO[C@]1(C)C[C@H](O[C@H]2[C@H](C)[C@@H](O[C@@H]3O[C@H](C)C[C@H](N(C)C)[C@H]3O)[C@](C)(O)C[C@@H](C)CN(C)C(=O)CC3CCCN3C(=O)[C@@H]2C)O[C@@H](C)[C@@H]1OC(C)O. The Morgan fingerprint density at radius 2 is 1.69 bits per heavy atom. The molecule has 14 heteroatoms. The first-order valence-corrected chi connectivity index (χ1v) is 19.3. The van der Waals surface area contributed by atoms with E-state index in [2.05, 4.69) is 0 Å². The van der Waals surface area contributed by atoms with Gasteiger partial charge in [0.05, 0.1) is 41.5 Å². The molecule has 0 bridgehead atoms. The van der Waals surface area contributed by atoms with Gasteiger partial charge < -0.3 is 58.4 Å². The van der Waals surface area contributed by atoms with Gasteiger partial charge in [-0.15, -0.1) is 0 Å². The van der Waals surface area contributed by atoms with Crippen LogP contribution in [0.4, 0.5) is 0 Å². The van der Waals surface area contributed by atoms with Gasteiger partial charge in [-0.25, -0.2) is 0 Å². The number of aliphatic hydroxyl groups excluding tert-OH is 2. The summed E-state index contributed by atoms with van der Waals surface area (Å²) in [6.45, 7) is 15.6. The topological polar surface area (TPSA) is 160 Å². The Hall–Kier alpha value is -1.46. The molecule has 4 heterocycles. The van der Waals surface area contributed by atoms with Crippen molar-refractivity contribution >= 4 is 11.8 Å². The number of carbonyl (C=O) groups is 2. The Labute approximate surface area is 311 Å². The van der Waals surface area contributed by atoms with Crippen molar-refractivity contribution in [3.8, 4) is 0 Å². The zero-order chi connectivity index (χ0) is 38.9. The van der Waals surface area contributed by atoms with Crippen molar-refractivity contribution in [2.75, 3.05) is 41.3 Å². The summed E-state index contributed by atoms with van der Waals surface area (Å²) < 4.78 is 38.1. The summed E-state index contributed by atoms with van der Waals surface area (Å²) in [6.07, 6.45) is -4.33. The summed E-state index contributed by atoms with van der Waals surface area (Å²) >= 11 is 0. The molecular formula is C38H69N3O11. The fourth-order valence-electron chi connectivity index (χ4n) is 9.28. The Kier molecular flexibility index (Phi) is 14.6. The molecule has 4 rings (SSSR count). The lowest BCUT2D eigenvalue weighted by Crippen LogP contribution is -2.61. The predicted molar refractivity (Wildman–Crippen MR) is 193 cm³/mol. The van der Waals surface area contributed by atoms with E-state index >= 15 is 0 Å². The van der Waals surface area contributed by atoms with Gasteiger partial charge in [0.1, 0.15) is 12.2 Å². The number of fused-ring (bicyclic) bond motifs is 1. The Balaban J connectivity index is 1.78. The van der Waals surface area contributed by atoms with E-state index in [-0.39, 0.29) is 55.2 Å². The molecular weight excluding hydrogens is 674 g/mol. The lowest BCUT2D eigenvalue weighted by atomic mass is 9.77. The summed E-state index contributed by atoms with van der Waals surface area (Å²) in [5.74, 6) is -1.69. The Morgan fingerprint density at radius 3 is 2.31 bits per heavy atom. The molecule has 0 aromatic rings. The van der Waals surface area contributed by atoms with Crippen LogP contribution in [-0.2, 0) is 38.0 Å². The summed E-state index contributed by atoms with van der Waals surface area (Å²) in [4.78, 5) is 33.5. The largest absolute Gasteiger partial charge is 0.387 e. The van der Waals surface area contributed by atoms with Crippen LogP contribution in [0.25, 0.3) is 0 Å². The van der Waals surface area contributed by atoms with Crippen LogP contribution in [-0.4, -0.2) is 162 Å². The van der Waals surface area contributed by atoms with E-state index in [9.17, 15) is 24.9 Å². The molecule has 302 valence electrons. The maximum absolute atomic E-state index is 14.6. The number of likely N-dealkylation sites (N-methyl/N-ethyl adjacent to an activating group) is 1. The van der Waals surface area contributed by atoms with Crippen LogP contribution < -0.4 is 0 Å². The van der Waals surface area contributed by atoms with Gasteiger partial charge in [-0.05, 0) is 80.3 Å². The lowest BCUT2D eigenvalue weighted by molar-refractivity contribution is -0.329. The van der Waals surface area contributed by atoms with E-state index in [4.69, 9.17) is 28.4 Å². The summed E-state index contributed by atoms with van der Waals surface area (Å²) in [5.41, 5.74) is -2.42. The molecule has 4 fully saturated rings. The van der Waals surface area contributed by atoms with Crippen LogP contribution in [0.1, 0.15) is 93.9 Å². The summed E-state index contributed by atoms with van der Waals surface area (Å²) in [7, 11) is 7.16. The molecule has 2 amide bonds. The zero-order valence-corrected chi connectivity index (χ0v) is 33.7. The average Bonchev–Trinajstić information content (AvgIpc) is 3.51. The molecule has 4 aliphatic heterocycles. The fraction of sp³-hybridized carbons (Fsp3) is 0.947. The third-order valence-electron chi connectivity index (χ3n) is 12.0. The van der Waals surface area contributed by atoms with Crippen LogP contribution >= 0.6 is 0 Å². The third kappa shape index (κ3) is 9.85. The summed E-state index contributed by atoms with van der Waals surface area (Å²) in [5, 5.41) is 34.1. The molecule has 4 aliphatic rings. The highest BCUT2D eigenvalue weighted by Crippen LogP contribution is 2.41. The standard InChI is InChI=1S/C38H69N3O11/c1-21-18-37(7,46)33(52-36-31(44)28(39(9)10)16-22(2)48-36)23(3)32(51-30-19-38(8,47-12)34(25(5)49-30)50-26(6)42)24(4)35(45)41-15-13-14-27(41)17-29(43)40(11)20-21/h21-28,30-34,36,42,44,46H,13-20H2,1-12H3/t21-,22-,23+,24-,25+,26?,27?,28+,30+,31-,32+,33-,34+,36+,37-,38-/m1/s1. The molecule has 2 unspecified atom stereocenters. The third-order valence-corrected chi connectivity index (χ3v) is 12.0. The number of amides is 2. The van der Waals surface area contributed by atoms with Gasteiger partial charge in [-0.3, -0.25) is 9.59 Å². The molecule has 0 spiro atoms. The first-order chi connectivity index (χ1) is 24.2. The van der Waals surface area contributed by atoms with Crippen molar-refractivity contribution in [3.63, 3.8) is 0 Å². The van der Waals surface area contributed by atoms with Gasteiger partial charge in [-0.1, -0.05) is 20.8 Å². The van der Waals surface area contributed by atoms with Gasteiger partial charge in [0.15, 0.2) is 18.9 Å². The highest BCUT2D eigenvalue weighted by Gasteiger charge is 2.52. The van der Waals surface area contributed by atoms with Crippen molar-refractivity contribution < 1.29 is 53.3 Å². The van der Waals surface area contributed by atoms with Gasteiger partial charge >= 0.3 is 0 Å². The molecule has 16 atom stereocenters. The van der Waals surface area contributed by atoms with E-state index in [0.29, 0.717) is 19.5 Å². The van der Waals surface area contributed by atoms with Crippen molar-refractivity contribution in [2.45, 2.75) is 173 Å². The number of nitrogens with zero attached hydrogens (tertiary/aromatic N) is 3. The van der Waals surface area contributed by atoms with Crippen molar-refractivity contribution in [2.24, 2.45) is 17.8 Å². The van der Waals surface area contributed by atoms with Crippen molar-refractivity contribution in [3.05, 3.63) is 0 Å². The van der Waals surface area contributed by atoms with Gasteiger partial charge in [-0.2, -0.15) is 0 Å². The normalized spacial score (nSPS) is 45.2. The quantitative estimate of drug-likeness (QED) is 0.312. The molecule has 14 nitrogen and oxygen atoms in total. The maximum Gasteiger partial charge on any atom is 0.228 e. The van der Waals surface area contributed by atoms with Crippen LogP contribution in [0, 0.1) is 17.8 Å². The minimum Gasteiger partial charge on any atom is -0.387 e. The van der Waals surface area contributed by atoms with Gasteiger partial charge in [0.25, 0.3) is 0 Å². The first-order valence-electron chi connectivity index (χ1n) is 19.3. The summed E-state index contributed by atoms with van der Waals surface area (Å²) in [6, 6.07) is -0.475. The minimum absolute atomic E-state index is 0.0465. The predicted octanol–water partition coefficient (Wildman–Crippen LogP) is 2.35. The number of methoxy groups -OCH3 is 1. The maximum atomic E-state index is 14.6. The minimum atomic E-state index is -1.51. The van der Waals surface area contributed by atoms with Crippen LogP contribution in [0.2, 0.25) is 0 Å². The molecule has 0 saturated carbocycles. The van der Waals surface area contributed by atoms with Crippen LogP contribution in [0.15, 0.2) is 0 Å². The fourth-order valence-corrected chi connectivity index (χ4v) is 9.28. The van der Waals surface area contributed by atoms with E-state index < -0.39 is 72.4 Å². The van der Waals surface area contributed by atoms with E-state index in [1.165, 1.54) is 6.92 Å². The molecule has 0 aromatic carbocycles. The number of hydrogen-bond acceptors (Lipinski definition) is 12. The highest BCUT2D eigenvalue weighted by molar-refractivity contribution is 5.82. The number of hydrogen-bond donors (Lipinski definition) is 3. The Bertz CT molecular complexity index is 1190. The molecule has 52 heavy (non-hydrogen) atoms. The van der Waals surface area contributed by atoms with Gasteiger partial charge in [0, 0.05) is 58.1 Å². The number of aliphatic hydroxyl groups is 3. The molecule has 4 saturated heterocycles. The molecule has 0 aliphatic carbocycles. The van der Waals surface area contributed by atoms with E-state index in [1.807, 2.05) is 65.4 Å². The highest BCUT2D eigenvalue weighted by atomic mass is 16.7. The number of ether oxygens (including phenoxy) is 6. The smallest absolute Gasteiger partial charge is 0.228 e.